The smallest absolute Gasteiger partial charge is 0.249 e. The molecule has 12 heteroatoms. The van der Waals surface area contributed by atoms with Gasteiger partial charge in [0.1, 0.15) is 11.7 Å². The highest BCUT2D eigenvalue weighted by Crippen LogP contribution is 2.37. The van der Waals surface area contributed by atoms with E-state index in [-0.39, 0.29) is 37.6 Å². The normalized spacial score (nSPS) is 17.0. The number of benzene rings is 1. The zero-order chi connectivity index (χ0) is 22.4. The van der Waals surface area contributed by atoms with Gasteiger partial charge in [0.25, 0.3) is 0 Å². The first-order chi connectivity index (χ1) is 15.4. The van der Waals surface area contributed by atoms with Crippen LogP contribution in [0.5, 0.6) is 0 Å². The lowest BCUT2D eigenvalue weighted by atomic mass is 10.1. The number of carbonyl (C=O) groups excluding carboxylic acids is 1. The fourth-order valence-electron chi connectivity index (χ4n) is 4.17. The van der Waals surface area contributed by atoms with Gasteiger partial charge in [-0.2, -0.15) is 23.6 Å². The number of hydrogen-bond acceptors (Lipinski definition) is 6. The third-order valence-electron chi connectivity index (χ3n) is 5.78. The summed E-state index contributed by atoms with van der Waals surface area (Å²) >= 11 is 0. The van der Waals surface area contributed by atoms with Crippen LogP contribution in [0, 0.1) is 17.5 Å². The van der Waals surface area contributed by atoms with Crippen molar-refractivity contribution in [3.05, 3.63) is 59.3 Å². The van der Waals surface area contributed by atoms with E-state index >= 15 is 0 Å². The average Bonchev–Trinajstić information content (AvgIpc) is 3.44. The van der Waals surface area contributed by atoms with Crippen LogP contribution in [0.2, 0.25) is 0 Å². The first kappa shape index (κ1) is 22.9. The van der Waals surface area contributed by atoms with Gasteiger partial charge in [-0.15, -0.1) is 0 Å². The van der Waals surface area contributed by atoms with Crippen LogP contribution in [0.4, 0.5) is 30.6 Å². The highest BCUT2D eigenvalue weighted by molar-refractivity contribution is 7.59. The molecule has 1 N–H and O–H groups in total. The summed E-state index contributed by atoms with van der Waals surface area (Å²) in [5, 5.41) is 7.33. The summed E-state index contributed by atoms with van der Waals surface area (Å²) in [6.45, 7) is 1.26. The Balaban J connectivity index is 0.00000259. The summed E-state index contributed by atoms with van der Waals surface area (Å²) in [6, 6.07) is 1.73. The van der Waals surface area contributed by atoms with Crippen molar-refractivity contribution in [1.82, 2.24) is 19.7 Å². The molecule has 0 saturated carbocycles. The van der Waals surface area contributed by atoms with E-state index in [4.69, 9.17) is 0 Å². The van der Waals surface area contributed by atoms with Crippen LogP contribution in [-0.4, -0.2) is 45.3 Å². The minimum absolute atomic E-state index is 0. The number of carbonyl (C=O) groups is 1. The summed E-state index contributed by atoms with van der Waals surface area (Å²) in [4.78, 5) is 25.1. The number of nitrogens with zero attached hydrogens (tertiary/aromatic N) is 6. The predicted octanol–water partition coefficient (Wildman–Crippen LogP) is 2.81. The molecule has 2 aliphatic heterocycles. The topological polar surface area (TPSA) is 79.2 Å². The minimum atomic E-state index is -1.49. The maximum atomic E-state index is 13.4. The van der Waals surface area contributed by atoms with Crippen molar-refractivity contribution >= 4 is 36.9 Å². The van der Waals surface area contributed by atoms with Crippen LogP contribution in [0.1, 0.15) is 24.0 Å². The van der Waals surface area contributed by atoms with Crippen molar-refractivity contribution in [2.45, 2.75) is 32.0 Å². The Hall–Kier alpha value is -3.28. The predicted molar refractivity (Wildman–Crippen MR) is 121 cm³/mol. The Bertz CT molecular complexity index is 1180. The lowest BCUT2D eigenvalue weighted by Gasteiger charge is -2.36. The summed E-state index contributed by atoms with van der Waals surface area (Å²) in [7, 11) is 1.74. The van der Waals surface area contributed by atoms with E-state index in [2.05, 4.69) is 20.4 Å². The lowest BCUT2D eigenvalue weighted by molar-refractivity contribution is -0.119. The molecule has 1 saturated heterocycles. The third kappa shape index (κ3) is 4.22. The zero-order valence-corrected chi connectivity index (χ0v) is 18.7. The highest BCUT2D eigenvalue weighted by Gasteiger charge is 2.40. The third-order valence-corrected chi connectivity index (χ3v) is 5.78. The molecule has 4 heterocycles. The van der Waals surface area contributed by atoms with Crippen molar-refractivity contribution in [3.8, 4) is 0 Å². The molecular formula is C21H22F3N7OS. The number of nitrogens with one attached hydrogen (secondary N) is 1. The molecule has 8 nitrogen and oxygen atoms in total. The van der Waals surface area contributed by atoms with Crippen LogP contribution < -0.4 is 15.1 Å². The van der Waals surface area contributed by atoms with Crippen LogP contribution in [0.25, 0.3) is 0 Å². The van der Waals surface area contributed by atoms with E-state index < -0.39 is 17.5 Å². The summed E-state index contributed by atoms with van der Waals surface area (Å²) in [6.07, 6.45) is 6.73. The maximum absolute atomic E-state index is 13.4. The largest absolute Gasteiger partial charge is 0.350 e. The van der Waals surface area contributed by atoms with E-state index in [0.717, 1.165) is 42.9 Å². The number of rotatable bonds is 5. The molecule has 1 atom stereocenters. The molecular weight excluding hydrogens is 455 g/mol. The van der Waals surface area contributed by atoms with Gasteiger partial charge in [-0.05, 0) is 30.5 Å². The lowest BCUT2D eigenvalue weighted by Crippen LogP contribution is -2.49. The number of fused-ring (bicyclic) bond motifs is 3. The maximum Gasteiger partial charge on any atom is 0.249 e. The standard InChI is InChI=1S/C21H20F3N7O.H2S/c1-29-17-9-26-21(28-19(17)31-4-2-3-16(31)20(29)32)25-7-13-8-27-30(11-13)10-12-5-14(22)18(24)15(23)6-12;/h5-6,8-9,11,16H,2-4,7,10H2,1H3,(H,25,26,28);1H2/t16-;/m0./s1. The number of halogens is 3. The molecule has 1 amide bonds. The van der Waals surface area contributed by atoms with Gasteiger partial charge >= 0.3 is 0 Å². The van der Waals surface area contributed by atoms with Crippen LogP contribution in [0.15, 0.2) is 30.7 Å². The van der Waals surface area contributed by atoms with Crippen molar-refractivity contribution in [2.24, 2.45) is 0 Å². The van der Waals surface area contributed by atoms with E-state index in [1.165, 1.54) is 4.68 Å². The number of anilines is 3. The number of aromatic nitrogens is 4. The van der Waals surface area contributed by atoms with Gasteiger partial charge in [-0.25, -0.2) is 18.2 Å². The van der Waals surface area contributed by atoms with Gasteiger partial charge in [0.15, 0.2) is 23.3 Å². The molecule has 3 aromatic rings. The summed E-state index contributed by atoms with van der Waals surface area (Å²) < 4.78 is 41.4. The van der Waals surface area contributed by atoms with E-state index in [1.807, 2.05) is 4.90 Å². The molecule has 5 rings (SSSR count). The van der Waals surface area contributed by atoms with Gasteiger partial charge in [-0.3, -0.25) is 9.48 Å². The number of amides is 1. The van der Waals surface area contributed by atoms with E-state index in [1.54, 1.807) is 30.5 Å². The Kier molecular flexibility index (Phi) is 6.19. The van der Waals surface area contributed by atoms with Crippen molar-refractivity contribution in [1.29, 1.82) is 0 Å². The van der Waals surface area contributed by atoms with Crippen LogP contribution >= 0.6 is 13.5 Å². The van der Waals surface area contributed by atoms with Crippen LogP contribution in [0.3, 0.4) is 0 Å². The molecule has 1 aromatic carbocycles. The average molecular weight is 478 g/mol. The Labute approximate surface area is 194 Å². The van der Waals surface area contributed by atoms with Crippen molar-refractivity contribution in [2.75, 3.05) is 28.7 Å². The van der Waals surface area contributed by atoms with E-state index in [0.29, 0.717) is 18.2 Å². The second kappa shape index (κ2) is 8.93. The molecule has 2 aliphatic rings. The van der Waals surface area contributed by atoms with Crippen molar-refractivity contribution in [3.63, 3.8) is 0 Å². The SMILES string of the molecule is CN1C(=O)[C@@H]2CCCN2c2nc(NCc3cnn(Cc4cc(F)c(F)c(F)c4)c3)ncc21.S. The van der Waals surface area contributed by atoms with Crippen molar-refractivity contribution < 1.29 is 18.0 Å². The number of likely N-dealkylation sites (N-methyl/N-ethyl adjacent to an activating group) is 1. The van der Waals surface area contributed by atoms with Gasteiger partial charge in [-0.1, -0.05) is 0 Å². The molecule has 0 aliphatic carbocycles. The van der Waals surface area contributed by atoms with Gasteiger partial charge in [0.2, 0.25) is 11.9 Å². The molecule has 0 bridgehead atoms. The van der Waals surface area contributed by atoms with Gasteiger partial charge in [0.05, 0.1) is 18.9 Å². The molecule has 1 fully saturated rings. The monoisotopic (exact) mass is 477 g/mol. The molecule has 0 spiro atoms. The second-order valence-electron chi connectivity index (χ2n) is 7.92. The molecule has 0 unspecified atom stereocenters. The summed E-state index contributed by atoms with van der Waals surface area (Å²) in [5.41, 5.74) is 1.76. The Morgan fingerprint density at radius 3 is 2.67 bits per heavy atom. The molecule has 33 heavy (non-hydrogen) atoms. The quantitative estimate of drug-likeness (QED) is 0.570. The fraction of sp³-hybridized carbons (Fsp3) is 0.333. The number of hydrogen-bond donors (Lipinski definition) is 1. The molecule has 174 valence electrons. The Morgan fingerprint density at radius 2 is 1.91 bits per heavy atom. The Morgan fingerprint density at radius 1 is 1.15 bits per heavy atom. The van der Waals surface area contributed by atoms with Gasteiger partial charge < -0.3 is 15.1 Å². The summed E-state index contributed by atoms with van der Waals surface area (Å²) in [5.74, 6) is -2.72. The first-order valence-corrected chi connectivity index (χ1v) is 10.2. The molecule has 0 radical (unpaired) electrons. The second-order valence-corrected chi connectivity index (χ2v) is 7.92. The van der Waals surface area contributed by atoms with E-state index in [9.17, 15) is 18.0 Å². The fourth-order valence-corrected chi connectivity index (χ4v) is 4.17. The zero-order valence-electron chi connectivity index (χ0n) is 17.7. The molecule has 2 aromatic heterocycles. The highest BCUT2D eigenvalue weighted by atomic mass is 32.1. The minimum Gasteiger partial charge on any atom is -0.350 e. The van der Waals surface area contributed by atoms with Crippen LogP contribution in [-0.2, 0) is 17.9 Å². The first-order valence-electron chi connectivity index (χ1n) is 10.2. The van der Waals surface area contributed by atoms with Gasteiger partial charge in [0, 0.05) is 31.9 Å².